The highest BCUT2D eigenvalue weighted by Gasteiger charge is 2.22. The minimum Gasteiger partial charge on any atom is -0.493 e. The largest absolute Gasteiger partial charge is 0.493 e. The number of thiophene rings is 1. The molecule has 0 saturated heterocycles. The topological polar surface area (TPSA) is 80.2 Å². The Bertz CT molecular complexity index is 789. The molecule has 1 amide bonds. The van der Waals surface area contributed by atoms with E-state index in [2.05, 4.69) is 10.5 Å². The molecule has 1 aromatic heterocycles. The van der Waals surface area contributed by atoms with Crippen molar-refractivity contribution >= 4 is 34.7 Å². The number of fused-ring (bicyclic) bond motifs is 1. The van der Waals surface area contributed by atoms with Crippen molar-refractivity contribution in [3.63, 3.8) is 0 Å². The molecule has 0 fully saturated rings. The molecule has 2 aromatic rings. The Balaban J connectivity index is 1.54. The maximum absolute atomic E-state index is 12.3. The smallest absolute Gasteiger partial charge is 0.261 e. The molecule has 0 radical (unpaired) electrons. The van der Waals surface area contributed by atoms with Crippen LogP contribution in [0.15, 0.2) is 39.7 Å². The Labute approximate surface area is 153 Å². The molecule has 0 atom stereocenters. The van der Waals surface area contributed by atoms with Gasteiger partial charge < -0.3 is 20.0 Å². The fourth-order valence-electron chi connectivity index (χ4n) is 2.42. The third-order valence-corrected chi connectivity index (χ3v) is 6.06. The van der Waals surface area contributed by atoms with Crippen LogP contribution >= 0.6 is 23.1 Å². The van der Waals surface area contributed by atoms with Gasteiger partial charge in [-0.25, -0.2) is 0 Å². The zero-order valence-corrected chi connectivity index (χ0v) is 15.3. The molecule has 6 nitrogen and oxygen atoms in total. The molecule has 1 aromatic carbocycles. The molecular formula is C17H18N2O4S2. The van der Waals surface area contributed by atoms with Crippen molar-refractivity contribution in [2.75, 3.05) is 26.0 Å². The number of oxime groups is 1. The monoisotopic (exact) mass is 378 g/mol. The second-order valence-electron chi connectivity index (χ2n) is 5.21. The number of hydrogen-bond donors (Lipinski definition) is 2. The number of nitrogens with zero attached hydrogens (tertiary/aromatic N) is 1. The first-order chi connectivity index (χ1) is 12.2. The molecule has 0 bridgehead atoms. The molecule has 1 aliphatic heterocycles. The number of para-hydroxylation sites is 2. The van der Waals surface area contributed by atoms with E-state index in [9.17, 15) is 4.79 Å². The Morgan fingerprint density at radius 1 is 1.36 bits per heavy atom. The lowest BCUT2D eigenvalue weighted by molar-refractivity contribution is 0.0951. The lowest BCUT2D eigenvalue weighted by Gasteiger charge is -2.10. The lowest BCUT2D eigenvalue weighted by atomic mass is 10.1. The Morgan fingerprint density at radius 3 is 2.92 bits per heavy atom. The molecule has 0 spiro atoms. The van der Waals surface area contributed by atoms with Crippen LogP contribution in [0.5, 0.6) is 11.5 Å². The van der Waals surface area contributed by atoms with Crippen molar-refractivity contribution in [3.05, 3.63) is 40.8 Å². The van der Waals surface area contributed by atoms with Gasteiger partial charge in [-0.3, -0.25) is 4.79 Å². The number of hydrogen-bond acceptors (Lipinski definition) is 7. The first-order valence-corrected chi connectivity index (χ1v) is 9.55. The van der Waals surface area contributed by atoms with E-state index in [-0.39, 0.29) is 5.91 Å². The maximum atomic E-state index is 12.3. The van der Waals surface area contributed by atoms with Crippen molar-refractivity contribution < 1.29 is 19.5 Å². The summed E-state index contributed by atoms with van der Waals surface area (Å²) in [5.74, 6) is 2.01. The number of amides is 1. The van der Waals surface area contributed by atoms with Crippen LogP contribution in [0.3, 0.4) is 0 Å². The SMILES string of the molecule is COc1ccccc1OCCNC(=O)c1cc2c(s1)SCCC2=NO. The number of thioether (sulfide) groups is 1. The predicted molar refractivity (Wildman–Crippen MR) is 98.8 cm³/mol. The molecule has 0 unspecified atom stereocenters. The van der Waals surface area contributed by atoms with E-state index in [0.29, 0.717) is 41.7 Å². The maximum Gasteiger partial charge on any atom is 0.261 e. The summed E-state index contributed by atoms with van der Waals surface area (Å²) in [5, 5.41) is 15.2. The second-order valence-corrected chi connectivity index (χ2v) is 7.63. The highest BCUT2D eigenvalue weighted by atomic mass is 32.2. The van der Waals surface area contributed by atoms with Gasteiger partial charge in [0, 0.05) is 17.7 Å². The summed E-state index contributed by atoms with van der Waals surface area (Å²) in [6.07, 6.45) is 0.707. The third-order valence-electron chi connectivity index (χ3n) is 3.64. The van der Waals surface area contributed by atoms with Crippen LogP contribution in [0.2, 0.25) is 0 Å². The molecular weight excluding hydrogens is 360 g/mol. The van der Waals surface area contributed by atoms with Gasteiger partial charge in [0.2, 0.25) is 0 Å². The van der Waals surface area contributed by atoms with E-state index in [1.54, 1.807) is 24.9 Å². The van der Waals surface area contributed by atoms with Gasteiger partial charge in [0.1, 0.15) is 6.61 Å². The highest BCUT2D eigenvalue weighted by Crippen LogP contribution is 2.37. The summed E-state index contributed by atoms with van der Waals surface area (Å²) in [6.45, 7) is 0.725. The van der Waals surface area contributed by atoms with E-state index in [4.69, 9.17) is 14.7 Å². The third kappa shape index (κ3) is 4.08. The fourth-order valence-corrected chi connectivity index (χ4v) is 4.82. The van der Waals surface area contributed by atoms with E-state index in [1.165, 1.54) is 11.3 Å². The van der Waals surface area contributed by atoms with Crippen LogP contribution < -0.4 is 14.8 Å². The molecule has 1 aliphatic rings. The molecule has 0 aliphatic carbocycles. The Morgan fingerprint density at radius 2 is 2.16 bits per heavy atom. The normalized spacial score (nSPS) is 14.8. The molecule has 3 rings (SSSR count). The predicted octanol–water partition coefficient (Wildman–Crippen LogP) is 3.24. The molecule has 8 heteroatoms. The van der Waals surface area contributed by atoms with Crippen molar-refractivity contribution in [1.82, 2.24) is 5.32 Å². The summed E-state index contributed by atoms with van der Waals surface area (Å²) in [7, 11) is 1.59. The van der Waals surface area contributed by atoms with Crippen LogP contribution in [0.1, 0.15) is 21.7 Å². The van der Waals surface area contributed by atoms with Gasteiger partial charge >= 0.3 is 0 Å². The number of carbonyl (C=O) groups excluding carboxylic acids is 1. The van der Waals surface area contributed by atoms with Gasteiger partial charge in [-0.2, -0.15) is 0 Å². The summed E-state index contributed by atoms with van der Waals surface area (Å²) in [4.78, 5) is 12.9. The van der Waals surface area contributed by atoms with Gasteiger partial charge in [-0.15, -0.1) is 23.1 Å². The first-order valence-electron chi connectivity index (χ1n) is 7.75. The second kappa shape index (κ2) is 8.26. The Kier molecular flexibility index (Phi) is 5.83. The molecule has 25 heavy (non-hydrogen) atoms. The summed E-state index contributed by atoms with van der Waals surface area (Å²) >= 11 is 3.10. The minimum atomic E-state index is -0.152. The zero-order valence-electron chi connectivity index (χ0n) is 13.7. The molecule has 2 N–H and O–H groups in total. The van der Waals surface area contributed by atoms with Crippen molar-refractivity contribution in [2.24, 2.45) is 5.16 Å². The summed E-state index contributed by atoms with van der Waals surface area (Å²) in [6, 6.07) is 9.17. The van der Waals surface area contributed by atoms with Gasteiger partial charge in [0.25, 0.3) is 5.91 Å². The van der Waals surface area contributed by atoms with Gasteiger partial charge in [0.15, 0.2) is 11.5 Å². The number of rotatable bonds is 6. The van der Waals surface area contributed by atoms with Crippen LogP contribution in [0.25, 0.3) is 0 Å². The van der Waals surface area contributed by atoms with Crippen LogP contribution in [0, 0.1) is 0 Å². The molecule has 132 valence electrons. The first kappa shape index (κ1) is 17.6. The van der Waals surface area contributed by atoms with Crippen molar-refractivity contribution in [3.8, 4) is 11.5 Å². The number of methoxy groups -OCH3 is 1. The standard InChI is InChI=1S/C17H18N2O4S2/c1-22-13-4-2-3-5-14(13)23-8-7-18-16(20)15-10-11-12(19-21)6-9-24-17(11)25-15/h2-5,10,21H,6-9H2,1H3,(H,18,20). The van der Waals surface area contributed by atoms with Crippen LogP contribution in [-0.2, 0) is 0 Å². The Hall–Kier alpha value is -2.19. The molecule has 0 saturated carbocycles. The van der Waals surface area contributed by atoms with E-state index in [0.717, 1.165) is 15.5 Å². The summed E-state index contributed by atoms with van der Waals surface area (Å²) < 4.78 is 11.9. The number of benzene rings is 1. The minimum absolute atomic E-state index is 0.152. The zero-order chi connectivity index (χ0) is 17.6. The van der Waals surface area contributed by atoms with Gasteiger partial charge in [0.05, 0.1) is 28.5 Å². The van der Waals surface area contributed by atoms with Crippen LogP contribution in [-0.4, -0.2) is 42.8 Å². The quantitative estimate of drug-likeness (QED) is 0.458. The molecule has 2 heterocycles. The van der Waals surface area contributed by atoms with Crippen LogP contribution in [0.4, 0.5) is 0 Å². The van der Waals surface area contributed by atoms with E-state index >= 15 is 0 Å². The van der Waals surface area contributed by atoms with Crippen molar-refractivity contribution in [2.45, 2.75) is 10.6 Å². The number of nitrogens with one attached hydrogen (secondary N) is 1. The average molecular weight is 378 g/mol. The number of carbonyl (C=O) groups is 1. The lowest BCUT2D eigenvalue weighted by Crippen LogP contribution is -2.27. The van der Waals surface area contributed by atoms with Gasteiger partial charge in [-0.1, -0.05) is 17.3 Å². The van der Waals surface area contributed by atoms with Gasteiger partial charge in [-0.05, 0) is 18.2 Å². The van der Waals surface area contributed by atoms with Crippen molar-refractivity contribution in [1.29, 1.82) is 0 Å². The van der Waals surface area contributed by atoms with E-state index < -0.39 is 0 Å². The average Bonchev–Trinajstić information content (AvgIpc) is 3.09. The van der Waals surface area contributed by atoms with E-state index in [1.807, 2.05) is 24.3 Å². The fraction of sp³-hybridized carbons (Fsp3) is 0.294. The number of ether oxygens (including phenoxy) is 2. The summed E-state index contributed by atoms with van der Waals surface area (Å²) in [5.41, 5.74) is 1.50. The highest BCUT2D eigenvalue weighted by molar-refractivity contribution is 8.01.